The minimum Gasteiger partial charge on any atom is -0.497 e. The summed E-state index contributed by atoms with van der Waals surface area (Å²) < 4.78 is 18.3. The van der Waals surface area contributed by atoms with Gasteiger partial charge in [0.05, 0.1) is 58.3 Å². The highest BCUT2D eigenvalue weighted by atomic mass is 28.3. The Balaban J connectivity index is 1.13. The third-order valence-corrected chi connectivity index (χ3v) is 16.6. The molecule has 2 fully saturated rings. The Hall–Kier alpha value is -4.97. The van der Waals surface area contributed by atoms with Crippen LogP contribution in [0.25, 0.3) is 0 Å². The average Bonchev–Trinajstić information content (AvgIpc) is 3.86. The highest BCUT2D eigenvalue weighted by molar-refractivity contribution is 6.91. The molecule has 0 aliphatic carbocycles. The van der Waals surface area contributed by atoms with E-state index < -0.39 is 19.8 Å². The van der Waals surface area contributed by atoms with Crippen molar-refractivity contribution < 1.29 is 33.7 Å². The normalized spacial score (nSPS) is 24.9. The Morgan fingerprint density at radius 2 is 1.65 bits per heavy atom. The maximum Gasteiger partial charge on any atom is 0.269 e. The van der Waals surface area contributed by atoms with Crippen LogP contribution in [0.15, 0.2) is 97.1 Å². The van der Waals surface area contributed by atoms with E-state index in [1.54, 1.807) is 12.0 Å². The summed E-state index contributed by atoms with van der Waals surface area (Å²) >= 11 is 0. The van der Waals surface area contributed by atoms with E-state index in [-0.39, 0.29) is 54.9 Å². The summed E-state index contributed by atoms with van der Waals surface area (Å²) in [7, 11) is -0.793. The third-order valence-electron chi connectivity index (χ3n) is 12.3. The Morgan fingerprint density at radius 1 is 0.944 bits per heavy atom. The molecule has 8 rings (SSSR count). The zero-order valence-electron chi connectivity index (χ0n) is 31.2. The zero-order chi connectivity index (χ0) is 37.8. The monoisotopic (exact) mass is 745 g/mol. The molecule has 0 unspecified atom stereocenters. The van der Waals surface area contributed by atoms with Crippen molar-refractivity contribution in [1.82, 2.24) is 4.90 Å². The first-order valence-electron chi connectivity index (χ1n) is 18.9. The lowest BCUT2D eigenvalue weighted by Gasteiger charge is -2.37. The summed E-state index contributed by atoms with van der Waals surface area (Å²) in [6, 6.07) is 31.1. The number of fused-ring (bicyclic) bond motifs is 3. The van der Waals surface area contributed by atoms with E-state index in [4.69, 9.17) is 14.2 Å². The minimum absolute atomic E-state index is 0.0378. The zero-order valence-corrected chi connectivity index (χ0v) is 32.2. The van der Waals surface area contributed by atoms with Gasteiger partial charge in [0.1, 0.15) is 11.5 Å². The molecule has 3 amide bonds. The van der Waals surface area contributed by atoms with Crippen LogP contribution >= 0.6 is 0 Å². The first-order chi connectivity index (χ1) is 26.1. The fraction of sp³-hybridized carbons (Fsp3) is 0.372. The molecule has 4 aliphatic rings. The lowest BCUT2D eigenvalue weighted by molar-refractivity contribution is -0.150. The van der Waals surface area contributed by atoms with Crippen LogP contribution in [0.4, 0.5) is 17.1 Å². The van der Waals surface area contributed by atoms with E-state index in [0.29, 0.717) is 24.5 Å². The molecular formula is C43H47N3O7Si. The molecule has 4 aromatic rings. The molecule has 54 heavy (non-hydrogen) atoms. The minimum atomic E-state index is -2.45. The molecule has 1 spiro atoms. The van der Waals surface area contributed by atoms with Crippen molar-refractivity contribution >= 4 is 48.0 Å². The predicted molar refractivity (Wildman–Crippen MR) is 209 cm³/mol. The smallest absolute Gasteiger partial charge is 0.269 e. The van der Waals surface area contributed by atoms with Crippen LogP contribution < -0.4 is 24.5 Å². The van der Waals surface area contributed by atoms with E-state index in [9.17, 15) is 14.7 Å². The van der Waals surface area contributed by atoms with Gasteiger partial charge in [0.2, 0.25) is 5.91 Å². The van der Waals surface area contributed by atoms with Crippen molar-refractivity contribution in [3.05, 3.63) is 108 Å². The van der Waals surface area contributed by atoms with Crippen molar-refractivity contribution in [2.45, 2.75) is 69.1 Å². The Morgan fingerprint density at radius 3 is 2.37 bits per heavy atom. The molecule has 0 radical (unpaired) electrons. The van der Waals surface area contributed by atoms with Gasteiger partial charge in [0, 0.05) is 23.7 Å². The van der Waals surface area contributed by atoms with Crippen molar-refractivity contribution in [2.75, 3.05) is 36.7 Å². The second-order valence-corrected chi connectivity index (χ2v) is 20.2. The second kappa shape index (κ2) is 14.0. The fourth-order valence-electron chi connectivity index (χ4n) is 9.59. The van der Waals surface area contributed by atoms with Gasteiger partial charge in [-0.2, -0.15) is 0 Å². The number of hydrogen-bond donors (Lipinski definition) is 1. The van der Waals surface area contributed by atoms with Crippen molar-refractivity contribution in [3.63, 3.8) is 0 Å². The number of likely N-dealkylation sites (tertiary alicyclic amines) is 1. The molecule has 5 atom stereocenters. The number of ether oxygens (including phenoxy) is 3. The predicted octanol–water partition coefficient (Wildman–Crippen LogP) is 5.89. The van der Waals surface area contributed by atoms with Crippen LogP contribution in [0, 0.1) is 5.92 Å². The first-order valence-corrected chi connectivity index (χ1v) is 21.9. The summed E-state index contributed by atoms with van der Waals surface area (Å²) in [5.41, 5.74) is 2.57. The number of carbonyl (C=O) groups excluding carboxylic acids is 3. The second-order valence-electron chi connectivity index (χ2n) is 15.5. The number of hydrogen-bond acceptors (Lipinski definition) is 7. The topological polar surface area (TPSA) is 109 Å². The first kappa shape index (κ1) is 36.0. The van der Waals surface area contributed by atoms with Crippen molar-refractivity contribution in [2.24, 2.45) is 5.92 Å². The Kier molecular flexibility index (Phi) is 9.36. The molecule has 11 heteroatoms. The fourth-order valence-corrected chi connectivity index (χ4v) is 13.6. The van der Waals surface area contributed by atoms with Crippen LogP contribution in [-0.4, -0.2) is 74.8 Å². The third kappa shape index (κ3) is 5.80. The molecule has 1 N–H and O–H groups in total. The van der Waals surface area contributed by atoms with Gasteiger partial charge in [-0.05, 0) is 66.4 Å². The number of aliphatic hydroxyl groups is 1. The number of methoxy groups -OCH3 is 1. The Labute approximate surface area is 317 Å². The quantitative estimate of drug-likeness (QED) is 0.213. The summed E-state index contributed by atoms with van der Waals surface area (Å²) in [5.74, 6) is 0.853. The molecular weight excluding hydrogens is 699 g/mol. The van der Waals surface area contributed by atoms with E-state index in [2.05, 4.69) is 32.2 Å². The Bertz CT molecular complexity index is 2070. The molecule has 4 heterocycles. The SMILES string of the molecule is COc1ccc([Si](C)(C)[C@@H]2[C@@H](CC(=O)N3CCC[C@H]3CO)O[C@]3(C(=O)N(Cc4ccc(N5C(=O)COc6ccccc65)cc4)c4ccccc43)[C@H]2C)cc1. The van der Waals surface area contributed by atoms with E-state index in [0.717, 1.165) is 41.1 Å². The number of nitrogens with zero attached hydrogens (tertiary/aromatic N) is 3. The molecule has 0 aromatic heterocycles. The standard InChI is InChI=1S/C43H47N3O7Si/c1-28-41(54(3,4)33-21-19-32(51-2)20-22-33)38(24-39(48)44-23-9-10-31(44)26-47)53-43(28)34-11-5-6-12-35(34)45(42(43)50)25-29-15-17-30(18-16-29)46-36-13-7-8-14-37(36)52-27-40(46)49/h5-8,11-22,28,31,38,41,47H,9-10,23-27H2,1-4H3/t28-,31-,38+,41-,43+/m0/s1. The molecule has 280 valence electrons. The number of carbonyl (C=O) groups is 3. The molecule has 4 aromatic carbocycles. The van der Waals surface area contributed by atoms with Gasteiger partial charge in [-0.3, -0.25) is 19.3 Å². The highest BCUT2D eigenvalue weighted by Gasteiger charge is 2.66. The van der Waals surface area contributed by atoms with E-state index in [1.807, 2.05) is 94.7 Å². The van der Waals surface area contributed by atoms with E-state index in [1.165, 1.54) is 5.19 Å². The number of rotatable bonds is 9. The summed E-state index contributed by atoms with van der Waals surface area (Å²) in [4.78, 5) is 47.5. The van der Waals surface area contributed by atoms with Gasteiger partial charge in [-0.15, -0.1) is 0 Å². The summed E-state index contributed by atoms with van der Waals surface area (Å²) in [5, 5.41) is 11.3. The number of anilines is 3. The van der Waals surface area contributed by atoms with E-state index >= 15 is 4.79 Å². The highest BCUT2D eigenvalue weighted by Crippen LogP contribution is 2.60. The number of amides is 3. The maximum absolute atomic E-state index is 15.2. The summed E-state index contributed by atoms with van der Waals surface area (Å²) in [6.07, 6.45) is 1.26. The lowest BCUT2D eigenvalue weighted by atomic mass is 9.82. The maximum atomic E-state index is 15.2. The molecule has 0 saturated carbocycles. The average molecular weight is 746 g/mol. The van der Waals surface area contributed by atoms with Crippen molar-refractivity contribution in [1.29, 1.82) is 0 Å². The van der Waals surface area contributed by atoms with Gasteiger partial charge in [0.25, 0.3) is 11.8 Å². The van der Waals surface area contributed by atoms with Crippen LogP contribution in [0.1, 0.15) is 37.3 Å². The van der Waals surface area contributed by atoms with Gasteiger partial charge in [-0.1, -0.05) is 79.8 Å². The van der Waals surface area contributed by atoms with Crippen LogP contribution in [-0.2, 0) is 31.3 Å². The van der Waals surface area contributed by atoms with Gasteiger partial charge >= 0.3 is 0 Å². The van der Waals surface area contributed by atoms with Crippen LogP contribution in [0.2, 0.25) is 18.6 Å². The van der Waals surface area contributed by atoms with Crippen molar-refractivity contribution in [3.8, 4) is 11.5 Å². The molecule has 4 aliphatic heterocycles. The summed E-state index contributed by atoms with van der Waals surface area (Å²) in [6.45, 7) is 7.57. The molecule has 2 saturated heterocycles. The molecule has 10 nitrogen and oxygen atoms in total. The van der Waals surface area contributed by atoms with Gasteiger partial charge < -0.3 is 29.1 Å². The van der Waals surface area contributed by atoms with Crippen LogP contribution in [0.3, 0.4) is 0 Å². The number of benzene rings is 4. The number of para-hydroxylation sites is 3. The van der Waals surface area contributed by atoms with Gasteiger partial charge in [0.15, 0.2) is 12.2 Å². The number of aliphatic hydroxyl groups excluding tert-OH is 1. The lowest BCUT2D eigenvalue weighted by Crippen LogP contribution is -2.52. The van der Waals surface area contributed by atoms with Crippen LogP contribution in [0.5, 0.6) is 11.5 Å². The largest absolute Gasteiger partial charge is 0.497 e. The van der Waals surface area contributed by atoms with Gasteiger partial charge in [-0.25, -0.2) is 0 Å². The molecule has 0 bridgehead atoms.